The van der Waals surface area contributed by atoms with Crippen molar-refractivity contribution in [3.63, 3.8) is 0 Å². The van der Waals surface area contributed by atoms with Crippen LogP contribution in [0.3, 0.4) is 0 Å². The molecule has 6 heteroatoms. The van der Waals surface area contributed by atoms with E-state index in [-0.39, 0.29) is 12.4 Å². The van der Waals surface area contributed by atoms with Crippen molar-refractivity contribution in [3.05, 3.63) is 58.4 Å². The summed E-state index contributed by atoms with van der Waals surface area (Å²) in [7, 11) is 0. The Bertz CT molecular complexity index is 659. The van der Waals surface area contributed by atoms with Crippen LogP contribution in [0, 0.1) is 0 Å². The Hall–Kier alpha value is -2.27. The van der Waals surface area contributed by atoms with E-state index in [0.717, 1.165) is 22.6 Å². The third-order valence-electron chi connectivity index (χ3n) is 3.03. The second kappa shape index (κ2) is 6.95. The van der Waals surface area contributed by atoms with E-state index >= 15 is 0 Å². The highest BCUT2D eigenvalue weighted by molar-refractivity contribution is 6.31. The Kier molecular flexibility index (Phi) is 5.00. The van der Waals surface area contributed by atoms with E-state index in [1.165, 1.54) is 0 Å². The number of nitrogens with zero attached hydrogens (tertiary/aromatic N) is 2. The zero-order valence-corrected chi connectivity index (χ0v) is 12.3. The Morgan fingerprint density at radius 2 is 2.19 bits per heavy atom. The molecule has 1 heterocycles. The van der Waals surface area contributed by atoms with Gasteiger partial charge < -0.3 is 15.7 Å². The standard InChI is InChI=1S/C15H16ClN3O2/c1-2-10-8-12(5-6-13(10)16)21-9-11-4-3-7-18-14(11)15(17)19-20/h3-8,20H,2,9H2,1H3,(H2,17,19). The molecule has 0 aliphatic rings. The van der Waals surface area contributed by atoms with E-state index in [0.29, 0.717) is 11.4 Å². The first-order valence-electron chi connectivity index (χ1n) is 6.48. The number of nitrogens with two attached hydrogens (primary N) is 1. The fraction of sp³-hybridized carbons (Fsp3) is 0.200. The molecule has 3 N–H and O–H groups in total. The number of hydrogen-bond acceptors (Lipinski definition) is 4. The lowest BCUT2D eigenvalue weighted by atomic mass is 10.1. The second-order valence-corrected chi connectivity index (χ2v) is 4.80. The number of benzene rings is 1. The van der Waals surface area contributed by atoms with Crippen molar-refractivity contribution in [3.8, 4) is 5.75 Å². The molecule has 0 aliphatic carbocycles. The summed E-state index contributed by atoms with van der Waals surface area (Å²) >= 11 is 6.07. The van der Waals surface area contributed by atoms with Gasteiger partial charge in [-0.2, -0.15) is 0 Å². The normalized spacial score (nSPS) is 11.4. The molecule has 0 fully saturated rings. The number of aryl methyl sites for hydroxylation is 1. The SMILES string of the molecule is CCc1cc(OCc2cccnc2C(N)=NO)ccc1Cl. The lowest BCUT2D eigenvalue weighted by Gasteiger charge is -2.11. The average Bonchev–Trinajstić information content (AvgIpc) is 2.53. The number of amidine groups is 1. The summed E-state index contributed by atoms with van der Waals surface area (Å²) in [6, 6.07) is 9.11. The van der Waals surface area contributed by atoms with Crippen molar-refractivity contribution in [2.75, 3.05) is 0 Å². The van der Waals surface area contributed by atoms with Crippen LogP contribution in [-0.2, 0) is 13.0 Å². The molecule has 1 aromatic heterocycles. The van der Waals surface area contributed by atoms with Crippen molar-refractivity contribution >= 4 is 17.4 Å². The summed E-state index contributed by atoms with van der Waals surface area (Å²) in [4.78, 5) is 4.09. The first-order chi connectivity index (χ1) is 10.2. The zero-order valence-electron chi connectivity index (χ0n) is 11.6. The third kappa shape index (κ3) is 3.64. The molecule has 2 rings (SSSR count). The van der Waals surface area contributed by atoms with E-state index in [1.54, 1.807) is 18.3 Å². The van der Waals surface area contributed by atoms with E-state index in [4.69, 9.17) is 27.3 Å². The van der Waals surface area contributed by atoms with E-state index < -0.39 is 0 Å². The molecule has 0 radical (unpaired) electrons. The van der Waals surface area contributed by atoms with Gasteiger partial charge in [-0.25, -0.2) is 0 Å². The molecule has 0 saturated heterocycles. The Morgan fingerprint density at radius 3 is 2.90 bits per heavy atom. The number of rotatable bonds is 5. The van der Waals surface area contributed by atoms with E-state index in [9.17, 15) is 0 Å². The van der Waals surface area contributed by atoms with Gasteiger partial charge in [-0.3, -0.25) is 4.98 Å². The van der Waals surface area contributed by atoms with Crippen molar-refractivity contribution in [1.29, 1.82) is 0 Å². The van der Waals surface area contributed by atoms with Crippen LogP contribution in [-0.4, -0.2) is 16.0 Å². The number of ether oxygens (including phenoxy) is 1. The van der Waals surface area contributed by atoms with Crippen LogP contribution < -0.4 is 10.5 Å². The number of oxime groups is 1. The molecule has 0 atom stereocenters. The number of halogens is 1. The Balaban J connectivity index is 2.17. The van der Waals surface area contributed by atoms with E-state index in [2.05, 4.69) is 10.1 Å². The van der Waals surface area contributed by atoms with Crippen LogP contribution in [0.2, 0.25) is 5.02 Å². The minimum absolute atomic E-state index is 0.0421. The predicted octanol–water partition coefficient (Wildman–Crippen LogP) is 2.97. The fourth-order valence-corrected chi connectivity index (χ4v) is 2.16. The summed E-state index contributed by atoms with van der Waals surface area (Å²) in [5, 5.41) is 12.5. The predicted molar refractivity (Wildman–Crippen MR) is 81.9 cm³/mol. The Morgan fingerprint density at radius 1 is 1.38 bits per heavy atom. The topological polar surface area (TPSA) is 80.7 Å². The van der Waals surface area contributed by atoms with Crippen LogP contribution in [0.15, 0.2) is 41.7 Å². The molecule has 21 heavy (non-hydrogen) atoms. The Labute approximate surface area is 128 Å². The highest BCUT2D eigenvalue weighted by Gasteiger charge is 2.09. The quantitative estimate of drug-likeness (QED) is 0.385. The summed E-state index contributed by atoms with van der Waals surface area (Å²) in [5.74, 6) is 0.671. The van der Waals surface area contributed by atoms with Gasteiger partial charge in [0.15, 0.2) is 5.84 Å². The maximum Gasteiger partial charge on any atom is 0.189 e. The van der Waals surface area contributed by atoms with Crippen LogP contribution in [0.1, 0.15) is 23.7 Å². The van der Waals surface area contributed by atoms with Crippen LogP contribution >= 0.6 is 11.6 Å². The molecule has 5 nitrogen and oxygen atoms in total. The fourth-order valence-electron chi connectivity index (χ4n) is 1.91. The zero-order chi connectivity index (χ0) is 15.2. The lowest BCUT2D eigenvalue weighted by molar-refractivity contribution is 0.304. The first kappa shape index (κ1) is 15.1. The van der Waals surface area contributed by atoms with Gasteiger partial charge in [0.05, 0.1) is 0 Å². The largest absolute Gasteiger partial charge is 0.489 e. The van der Waals surface area contributed by atoms with Gasteiger partial charge in [0.2, 0.25) is 0 Å². The van der Waals surface area contributed by atoms with Crippen LogP contribution in [0.4, 0.5) is 0 Å². The third-order valence-corrected chi connectivity index (χ3v) is 3.40. The van der Waals surface area contributed by atoms with E-state index in [1.807, 2.05) is 25.1 Å². The van der Waals surface area contributed by atoms with Gasteiger partial charge in [0.1, 0.15) is 18.1 Å². The number of hydrogen-bond donors (Lipinski definition) is 2. The molecular weight excluding hydrogens is 290 g/mol. The van der Waals surface area contributed by atoms with Crippen LogP contribution in [0.5, 0.6) is 5.75 Å². The second-order valence-electron chi connectivity index (χ2n) is 4.39. The molecule has 0 unspecified atom stereocenters. The van der Waals surface area contributed by atoms with Gasteiger partial charge in [0, 0.05) is 16.8 Å². The number of pyridine rings is 1. The minimum atomic E-state index is -0.0421. The molecule has 0 amide bonds. The van der Waals surface area contributed by atoms with Crippen molar-refractivity contribution < 1.29 is 9.94 Å². The first-order valence-corrected chi connectivity index (χ1v) is 6.86. The smallest absolute Gasteiger partial charge is 0.189 e. The summed E-state index contributed by atoms with van der Waals surface area (Å²) in [6.45, 7) is 2.30. The molecule has 1 aromatic carbocycles. The minimum Gasteiger partial charge on any atom is -0.489 e. The summed E-state index contributed by atoms with van der Waals surface area (Å²) in [5.41, 5.74) is 7.76. The molecule has 0 bridgehead atoms. The maximum atomic E-state index is 8.76. The summed E-state index contributed by atoms with van der Waals surface area (Å²) in [6.07, 6.45) is 2.41. The lowest BCUT2D eigenvalue weighted by Crippen LogP contribution is -2.18. The van der Waals surface area contributed by atoms with Gasteiger partial charge >= 0.3 is 0 Å². The van der Waals surface area contributed by atoms with Gasteiger partial charge in [-0.1, -0.05) is 29.7 Å². The molecule has 0 spiro atoms. The van der Waals surface area contributed by atoms with Crippen molar-refractivity contribution in [2.45, 2.75) is 20.0 Å². The average molecular weight is 306 g/mol. The molecule has 2 aromatic rings. The number of aromatic nitrogens is 1. The monoisotopic (exact) mass is 305 g/mol. The molecule has 0 aliphatic heterocycles. The van der Waals surface area contributed by atoms with Crippen molar-refractivity contribution in [1.82, 2.24) is 4.98 Å². The molecule has 110 valence electrons. The van der Waals surface area contributed by atoms with Gasteiger partial charge in [0.25, 0.3) is 0 Å². The van der Waals surface area contributed by atoms with Gasteiger partial charge in [-0.15, -0.1) is 0 Å². The highest BCUT2D eigenvalue weighted by Crippen LogP contribution is 2.23. The highest BCUT2D eigenvalue weighted by atomic mass is 35.5. The maximum absolute atomic E-state index is 8.76. The van der Waals surface area contributed by atoms with Crippen LogP contribution in [0.25, 0.3) is 0 Å². The van der Waals surface area contributed by atoms with Gasteiger partial charge in [-0.05, 0) is 36.2 Å². The van der Waals surface area contributed by atoms with Crippen molar-refractivity contribution in [2.24, 2.45) is 10.9 Å². The molecule has 0 saturated carbocycles. The summed E-state index contributed by atoms with van der Waals surface area (Å²) < 4.78 is 5.73. The molecular formula is C15H16ClN3O2.